The monoisotopic (exact) mass is 629 g/mol. The number of hydrogen-bond donors (Lipinski definition) is 4. The highest BCUT2D eigenvalue weighted by molar-refractivity contribution is 6.00. The second-order valence-electron chi connectivity index (χ2n) is 11.4. The second kappa shape index (κ2) is 14.3. The van der Waals surface area contributed by atoms with Gasteiger partial charge in [0.05, 0.1) is 11.9 Å². The van der Waals surface area contributed by atoms with Crippen LogP contribution in [-0.4, -0.2) is 23.2 Å². The summed E-state index contributed by atoms with van der Waals surface area (Å²) in [5.41, 5.74) is 5.50. The predicted molar refractivity (Wildman–Crippen MR) is 184 cm³/mol. The molecule has 0 aliphatic heterocycles. The third kappa shape index (κ3) is 8.73. The Morgan fingerprint density at radius 1 is 0.596 bits per heavy atom. The van der Waals surface area contributed by atoms with Crippen LogP contribution in [0.2, 0.25) is 0 Å². The lowest BCUT2D eigenvalue weighted by Gasteiger charge is -2.26. The van der Waals surface area contributed by atoms with E-state index in [1.54, 1.807) is 72.9 Å². The van der Waals surface area contributed by atoms with E-state index in [0.717, 1.165) is 22.4 Å². The van der Waals surface area contributed by atoms with Crippen molar-refractivity contribution in [2.24, 2.45) is 0 Å². The van der Waals surface area contributed by atoms with Crippen molar-refractivity contribution in [1.29, 1.82) is 0 Å². The van der Waals surface area contributed by atoms with Crippen molar-refractivity contribution in [3.05, 3.63) is 138 Å². The van der Waals surface area contributed by atoms with Gasteiger partial charge in [0, 0.05) is 28.2 Å². The van der Waals surface area contributed by atoms with Crippen LogP contribution in [0.15, 0.2) is 115 Å². The lowest BCUT2D eigenvalue weighted by molar-refractivity contribution is 0.214. The quantitative estimate of drug-likeness (QED) is 0.136. The highest BCUT2D eigenvalue weighted by Gasteiger charge is 2.23. The van der Waals surface area contributed by atoms with Gasteiger partial charge in [0.1, 0.15) is 11.5 Å². The molecule has 1 aromatic heterocycles. The zero-order valence-corrected chi connectivity index (χ0v) is 26.5. The SMILES string of the molecule is Cc1ccc(NC(=O)Oc2ccc(C(C)(C)c3ccc(OC(=O)Nc4ccc(C)c(NC(=O)Nc5ccccc5)c4)cc3)cc2)cn1. The Morgan fingerprint density at radius 3 is 1.70 bits per heavy atom. The van der Waals surface area contributed by atoms with E-state index < -0.39 is 23.6 Å². The van der Waals surface area contributed by atoms with Crippen LogP contribution in [0.4, 0.5) is 37.1 Å². The van der Waals surface area contributed by atoms with E-state index in [1.807, 2.05) is 56.3 Å². The molecule has 0 radical (unpaired) electrons. The predicted octanol–water partition coefficient (Wildman–Crippen LogP) is 8.89. The Kier molecular flexibility index (Phi) is 9.81. The fourth-order valence-corrected chi connectivity index (χ4v) is 4.73. The summed E-state index contributed by atoms with van der Waals surface area (Å²) in [6.45, 7) is 7.87. The molecule has 0 saturated carbocycles. The summed E-state index contributed by atoms with van der Waals surface area (Å²) in [7, 11) is 0. The number of carbonyl (C=O) groups is 3. The van der Waals surface area contributed by atoms with Crippen LogP contribution in [0.3, 0.4) is 0 Å². The lowest BCUT2D eigenvalue weighted by Crippen LogP contribution is -2.21. The van der Waals surface area contributed by atoms with Crippen molar-refractivity contribution in [2.75, 3.05) is 21.3 Å². The maximum atomic E-state index is 12.7. The second-order valence-corrected chi connectivity index (χ2v) is 11.4. The number of benzene rings is 4. The van der Waals surface area contributed by atoms with Crippen LogP contribution >= 0.6 is 0 Å². The average Bonchev–Trinajstić information content (AvgIpc) is 3.04. The van der Waals surface area contributed by atoms with Gasteiger partial charge in [-0.05, 0) is 91.2 Å². The van der Waals surface area contributed by atoms with Crippen LogP contribution in [0.25, 0.3) is 0 Å². The fourth-order valence-electron chi connectivity index (χ4n) is 4.73. The van der Waals surface area contributed by atoms with E-state index in [1.165, 1.54) is 0 Å². The number of nitrogens with zero attached hydrogens (tertiary/aromatic N) is 1. The van der Waals surface area contributed by atoms with Gasteiger partial charge in [-0.3, -0.25) is 15.6 Å². The number of amides is 4. The Labute approximate surface area is 273 Å². The zero-order valence-electron chi connectivity index (χ0n) is 26.5. The van der Waals surface area contributed by atoms with Crippen LogP contribution in [0, 0.1) is 13.8 Å². The number of aromatic nitrogens is 1. The number of nitrogens with one attached hydrogen (secondary N) is 4. The molecular formula is C37H35N5O5. The maximum Gasteiger partial charge on any atom is 0.417 e. The number of para-hydroxylation sites is 1. The highest BCUT2D eigenvalue weighted by Crippen LogP contribution is 2.33. The van der Waals surface area contributed by atoms with Crippen LogP contribution in [0.5, 0.6) is 11.5 Å². The minimum absolute atomic E-state index is 0.369. The molecule has 0 aliphatic carbocycles. The van der Waals surface area contributed by atoms with Gasteiger partial charge in [0.15, 0.2) is 0 Å². The Bertz CT molecular complexity index is 1860. The third-order valence-electron chi connectivity index (χ3n) is 7.49. The van der Waals surface area contributed by atoms with E-state index in [-0.39, 0.29) is 0 Å². The Hall–Kier alpha value is -6.16. The average molecular weight is 630 g/mol. The van der Waals surface area contributed by atoms with Crippen LogP contribution < -0.4 is 30.7 Å². The molecule has 0 fully saturated rings. The van der Waals surface area contributed by atoms with Crippen molar-refractivity contribution < 1.29 is 23.9 Å². The fraction of sp³-hybridized carbons (Fsp3) is 0.135. The number of carbonyl (C=O) groups excluding carboxylic acids is 3. The molecular weight excluding hydrogens is 594 g/mol. The molecule has 47 heavy (non-hydrogen) atoms. The number of urea groups is 1. The van der Waals surface area contributed by atoms with Gasteiger partial charge in [0.25, 0.3) is 0 Å². The molecule has 10 heteroatoms. The summed E-state index contributed by atoms with van der Waals surface area (Å²) >= 11 is 0. The largest absolute Gasteiger partial charge is 0.417 e. The minimum atomic E-state index is -0.668. The molecule has 0 saturated heterocycles. The van der Waals surface area contributed by atoms with Gasteiger partial charge >= 0.3 is 18.2 Å². The summed E-state index contributed by atoms with van der Waals surface area (Å²) in [5.74, 6) is 0.775. The number of pyridine rings is 1. The van der Waals surface area contributed by atoms with Crippen molar-refractivity contribution in [1.82, 2.24) is 4.98 Å². The number of ether oxygens (including phenoxy) is 2. The molecule has 0 spiro atoms. The normalized spacial score (nSPS) is 10.8. The van der Waals surface area contributed by atoms with Gasteiger partial charge < -0.3 is 20.1 Å². The zero-order chi connectivity index (χ0) is 33.4. The van der Waals surface area contributed by atoms with E-state index >= 15 is 0 Å². The van der Waals surface area contributed by atoms with Crippen LogP contribution in [-0.2, 0) is 5.41 Å². The number of aryl methyl sites for hydroxylation is 2. The van der Waals surface area contributed by atoms with Gasteiger partial charge in [-0.25, -0.2) is 14.4 Å². The van der Waals surface area contributed by atoms with Crippen molar-refractivity contribution in [3.8, 4) is 11.5 Å². The summed E-state index contributed by atoms with van der Waals surface area (Å²) < 4.78 is 10.9. The number of anilines is 4. The molecule has 5 aromatic rings. The van der Waals surface area contributed by atoms with Gasteiger partial charge in [-0.15, -0.1) is 0 Å². The summed E-state index contributed by atoms with van der Waals surface area (Å²) in [6, 6.07) is 32.0. The summed E-state index contributed by atoms with van der Waals surface area (Å²) in [5, 5.41) is 10.9. The molecule has 5 rings (SSSR count). The van der Waals surface area contributed by atoms with Gasteiger partial charge in [0.2, 0.25) is 0 Å². The van der Waals surface area contributed by atoms with E-state index in [4.69, 9.17) is 9.47 Å². The summed E-state index contributed by atoms with van der Waals surface area (Å²) in [4.78, 5) is 41.6. The first-order valence-corrected chi connectivity index (χ1v) is 14.9. The highest BCUT2D eigenvalue weighted by atomic mass is 16.6. The number of hydrogen-bond acceptors (Lipinski definition) is 6. The molecule has 4 amide bonds. The van der Waals surface area contributed by atoms with E-state index in [9.17, 15) is 14.4 Å². The van der Waals surface area contributed by atoms with Crippen molar-refractivity contribution in [3.63, 3.8) is 0 Å². The maximum absolute atomic E-state index is 12.7. The van der Waals surface area contributed by atoms with E-state index in [2.05, 4.69) is 40.1 Å². The van der Waals surface area contributed by atoms with Gasteiger partial charge in [-0.1, -0.05) is 62.4 Å². The van der Waals surface area contributed by atoms with Gasteiger partial charge in [-0.2, -0.15) is 0 Å². The molecule has 0 unspecified atom stereocenters. The molecule has 0 atom stereocenters. The molecule has 4 N–H and O–H groups in total. The van der Waals surface area contributed by atoms with Crippen molar-refractivity contribution >= 4 is 41.0 Å². The topological polar surface area (TPSA) is 131 Å². The molecule has 1 heterocycles. The first-order valence-electron chi connectivity index (χ1n) is 14.9. The first kappa shape index (κ1) is 32.2. The summed E-state index contributed by atoms with van der Waals surface area (Å²) in [6.07, 6.45) is 0.297. The van der Waals surface area contributed by atoms with E-state index in [0.29, 0.717) is 34.2 Å². The Morgan fingerprint density at radius 2 is 1.15 bits per heavy atom. The van der Waals surface area contributed by atoms with Crippen LogP contribution in [0.1, 0.15) is 36.2 Å². The molecule has 238 valence electrons. The smallest absolute Gasteiger partial charge is 0.410 e. The lowest BCUT2D eigenvalue weighted by atomic mass is 9.78. The minimum Gasteiger partial charge on any atom is -0.410 e. The first-order chi connectivity index (χ1) is 22.5. The molecule has 10 nitrogen and oxygen atoms in total. The molecule has 0 bridgehead atoms. The third-order valence-corrected chi connectivity index (χ3v) is 7.49. The van der Waals surface area contributed by atoms with Crippen molar-refractivity contribution in [2.45, 2.75) is 33.1 Å². The number of rotatable bonds is 8. The Balaban J connectivity index is 1.15. The standard InChI is InChI=1S/C37H35N5O5/c1-24-10-16-29(22-33(24)42-34(43)39-28-8-6-5-7-9-28)40-35(44)46-31-18-12-26(13-19-31)37(3,4)27-14-20-32(21-15-27)47-36(45)41-30-17-11-25(2)38-23-30/h5-23H,1-4H3,(H,40,44)(H,41,45)(H2,39,42,43). The molecule has 4 aromatic carbocycles. The molecule has 0 aliphatic rings.